The first-order valence-corrected chi connectivity index (χ1v) is 9.15. The van der Waals surface area contributed by atoms with Crippen molar-refractivity contribution in [3.63, 3.8) is 0 Å². The molecule has 0 radical (unpaired) electrons. The number of carbonyl (C=O) groups is 1. The van der Waals surface area contributed by atoms with Gasteiger partial charge in [-0.05, 0) is 37.3 Å². The van der Waals surface area contributed by atoms with E-state index in [2.05, 4.69) is 21.8 Å². The van der Waals surface area contributed by atoms with E-state index in [0.29, 0.717) is 15.7 Å². The lowest BCUT2D eigenvalue weighted by Gasteiger charge is -2.08. The Balaban J connectivity index is 1.70. The van der Waals surface area contributed by atoms with Crippen LogP contribution in [0, 0.1) is 0 Å². The second-order valence-corrected chi connectivity index (χ2v) is 6.87. The van der Waals surface area contributed by atoms with Crippen LogP contribution in [0.1, 0.15) is 6.92 Å². The zero-order valence-electron chi connectivity index (χ0n) is 12.9. The van der Waals surface area contributed by atoms with Gasteiger partial charge in [0.1, 0.15) is 0 Å². The van der Waals surface area contributed by atoms with E-state index in [-0.39, 0.29) is 11.7 Å². The van der Waals surface area contributed by atoms with E-state index in [1.54, 1.807) is 18.2 Å². The van der Waals surface area contributed by atoms with Gasteiger partial charge in [0.25, 0.3) is 0 Å². The van der Waals surface area contributed by atoms with Crippen LogP contribution in [-0.2, 0) is 11.3 Å². The minimum Gasteiger partial charge on any atom is -0.324 e. The summed E-state index contributed by atoms with van der Waals surface area (Å²) in [7, 11) is 0. The molecular weight excluding hydrogens is 365 g/mol. The molecule has 0 aliphatic heterocycles. The normalized spacial score (nSPS) is 11.0. The second kappa shape index (κ2) is 7.47. The number of anilines is 1. The second-order valence-electron chi connectivity index (χ2n) is 5.09. The van der Waals surface area contributed by atoms with Gasteiger partial charge < -0.3 is 9.88 Å². The third-order valence-electron chi connectivity index (χ3n) is 3.47. The number of aromatic nitrogens is 2. The SMILES string of the molecule is CCn1c(SCC(=O)Nc2ccc(Cl)cc2Cl)nc2ccccc21. The molecule has 1 heterocycles. The number of nitrogens with one attached hydrogen (secondary N) is 1. The first kappa shape index (κ1) is 17.1. The maximum absolute atomic E-state index is 12.2. The van der Waals surface area contributed by atoms with E-state index in [4.69, 9.17) is 23.2 Å². The molecule has 0 unspecified atom stereocenters. The predicted octanol–water partition coefficient (Wildman–Crippen LogP) is 5.09. The first-order chi connectivity index (χ1) is 11.6. The van der Waals surface area contributed by atoms with Gasteiger partial charge in [-0.2, -0.15) is 0 Å². The lowest BCUT2D eigenvalue weighted by molar-refractivity contribution is -0.113. The van der Waals surface area contributed by atoms with Gasteiger partial charge in [0, 0.05) is 11.6 Å². The molecule has 4 nitrogen and oxygen atoms in total. The third kappa shape index (κ3) is 3.69. The van der Waals surface area contributed by atoms with Crippen LogP contribution in [0.25, 0.3) is 11.0 Å². The number of benzene rings is 2. The smallest absolute Gasteiger partial charge is 0.234 e. The van der Waals surface area contributed by atoms with Crippen LogP contribution >= 0.6 is 35.0 Å². The summed E-state index contributed by atoms with van der Waals surface area (Å²) in [6.07, 6.45) is 0. The Hall–Kier alpha value is -1.69. The Bertz CT molecular complexity index is 895. The third-order valence-corrected chi connectivity index (χ3v) is 5.00. The minimum atomic E-state index is -0.140. The van der Waals surface area contributed by atoms with Crippen molar-refractivity contribution in [3.05, 3.63) is 52.5 Å². The summed E-state index contributed by atoms with van der Waals surface area (Å²) in [6.45, 7) is 2.86. The maximum atomic E-state index is 12.2. The Morgan fingerprint density at radius 1 is 1.25 bits per heavy atom. The van der Waals surface area contributed by atoms with E-state index in [9.17, 15) is 4.79 Å². The topological polar surface area (TPSA) is 46.9 Å². The number of nitrogens with zero attached hydrogens (tertiary/aromatic N) is 2. The number of amides is 1. The Morgan fingerprint density at radius 2 is 2.04 bits per heavy atom. The van der Waals surface area contributed by atoms with Crippen molar-refractivity contribution in [2.75, 3.05) is 11.1 Å². The van der Waals surface area contributed by atoms with Crippen LogP contribution in [0.4, 0.5) is 5.69 Å². The van der Waals surface area contributed by atoms with Gasteiger partial charge in [-0.1, -0.05) is 47.1 Å². The molecule has 0 aliphatic carbocycles. The number of rotatable bonds is 5. The zero-order valence-corrected chi connectivity index (χ0v) is 15.3. The molecule has 124 valence electrons. The molecule has 3 aromatic rings. The highest BCUT2D eigenvalue weighted by Gasteiger charge is 2.12. The van der Waals surface area contributed by atoms with Crippen molar-refractivity contribution in [2.24, 2.45) is 0 Å². The van der Waals surface area contributed by atoms with Crippen LogP contribution in [0.2, 0.25) is 10.0 Å². The van der Waals surface area contributed by atoms with E-state index >= 15 is 0 Å². The van der Waals surface area contributed by atoms with Gasteiger partial charge in [-0.25, -0.2) is 4.98 Å². The standard InChI is InChI=1S/C17H15Cl2N3OS/c1-2-22-15-6-4-3-5-14(15)21-17(22)24-10-16(23)20-13-8-7-11(18)9-12(13)19/h3-9H,2,10H2,1H3,(H,20,23). The van der Waals surface area contributed by atoms with Crippen molar-refractivity contribution in [3.8, 4) is 0 Å². The summed E-state index contributed by atoms with van der Waals surface area (Å²) in [4.78, 5) is 16.8. The highest BCUT2D eigenvalue weighted by molar-refractivity contribution is 7.99. The zero-order chi connectivity index (χ0) is 17.1. The van der Waals surface area contributed by atoms with Gasteiger partial charge in [-0.3, -0.25) is 4.79 Å². The van der Waals surface area contributed by atoms with Crippen LogP contribution in [0.15, 0.2) is 47.6 Å². The van der Waals surface area contributed by atoms with Crippen molar-refractivity contribution in [1.29, 1.82) is 0 Å². The molecule has 0 bridgehead atoms. The van der Waals surface area contributed by atoms with Gasteiger partial charge in [0.05, 0.1) is 27.5 Å². The van der Waals surface area contributed by atoms with E-state index in [1.807, 2.05) is 24.3 Å². The van der Waals surface area contributed by atoms with Crippen molar-refractivity contribution < 1.29 is 4.79 Å². The highest BCUT2D eigenvalue weighted by Crippen LogP contribution is 2.27. The molecule has 0 aliphatic rings. The Kier molecular flexibility index (Phi) is 5.33. The molecule has 0 atom stereocenters. The van der Waals surface area contributed by atoms with Gasteiger partial charge >= 0.3 is 0 Å². The predicted molar refractivity (Wildman–Crippen MR) is 101 cm³/mol. The van der Waals surface area contributed by atoms with E-state index < -0.39 is 0 Å². The quantitative estimate of drug-likeness (QED) is 0.627. The Labute approximate surface area is 154 Å². The number of imidazole rings is 1. The monoisotopic (exact) mass is 379 g/mol. The van der Waals surface area contributed by atoms with Crippen LogP contribution < -0.4 is 5.32 Å². The fourth-order valence-corrected chi connectivity index (χ4v) is 3.71. The number of thioether (sulfide) groups is 1. The fraction of sp³-hybridized carbons (Fsp3) is 0.176. The largest absolute Gasteiger partial charge is 0.324 e. The molecule has 24 heavy (non-hydrogen) atoms. The molecule has 1 aromatic heterocycles. The summed E-state index contributed by atoms with van der Waals surface area (Å²) < 4.78 is 2.10. The minimum absolute atomic E-state index is 0.140. The molecule has 0 fully saturated rings. The van der Waals surface area contributed by atoms with Gasteiger partial charge in [0.15, 0.2) is 5.16 Å². The lowest BCUT2D eigenvalue weighted by atomic mass is 10.3. The summed E-state index contributed by atoms with van der Waals surface area (Å²) in [5.41, 5.74) is 2.56. The van der Waals surface area contributed by atoms with E-state index in [0.717, 1.165) is 22.7 Å². The number of fused-ring (bicyclic) bond motifs is 1. The number of hydrogen-bond donors (Lipinski definition) is 1. The van der Waals surface area contributed by atoms with E-state index in [1.165, 1.54) is 11.8 Å². The fourth-order valence-electron chi connectivity index (χ4n) is 2.38. The average molecular weight is 380 g/mol. The van der Waals surface area contributed by atoms with Crippen molar-refractivity contribution in [2.45, 2.75) is 18.6 Å². The molecule has 1 amide bonds. The number of aryl methyl sites for hydroxylation is 1. The molecular formula is C17H15Cl2N3OS. The molecule has 2 aromatic carbocycles. The van der Waals surface area contributed by atoms with Gasteiger partial charge in [0.2, 0.25) is 5.91 Å². The molecule has 0 spiro atoms. The Morgan fingerprint density at radius 3 is 2.79 bits per heavy atom. The number of halogens is 2. The number of para-hydroxylation sites is 2. The number of hydrogen-bond acceptors (Lipinski definition) is 3. The van der Waals surface area contributed by atoms with Crippen molar-refractivity contribution in [1.82, 2.24) is 9.55 Å². The molecule has 0 saturated carbocycles. The lowest BCUT2D eigenvalue weighted by Crippen LogP contribution is -2.14. The summed E-state index contributed by atoms with van der Waals surface area (Å²) >= 11 is 13.3. The van der Waals surface area contributed by atoms with Crippen molar-refractivity contribution >= 4 is 57.6 Å². The van der Waals surface area contributed by atoms with Gasteiger partial charge in [-0.15, -0.1) is 0 Å². The summed E-state index contributed by atoms with van der Waals surface area (Å²) in [5.74, 6) is 0.112. The maximum Gasteiger partial charge on any atom is 0.234 e. The molecule has 7 heteroatoms. The summed E-state index contributed by atoms with van der Waals surface area (Å²) in [6, 6.07) is 12.9. The van der Waals surface area contributed by atoms with Crippen LogP contribution in [-0.4, -0.2) is 21.2 Å². The summed E-state index contributed by atoms with van der Waals surface area (Å²) in [5, 5.41) is 4.57. The first-order valence-electron chi connectivity index (χ1n) is 7.41. The van der Waals surface area contributed by atoms with Crippen LogP contribution in [0.3, 0.4) is 0 Å². The molecule has 1 N–H and O–H groups in total. The number of carbonyl (C=O) groups excluding carboxylic acids is 1. The molecule has 0 saturated heterocycles. The molecule has 3 rings (SSSR count). The average Bonchev–Trinajstić information content (AvgIpc) is 2.93. The van der Waals surface area contributed by atoms with Crippen LogP contribution in [0.5, 0.6) is 0 Å². The highest BCUT2D eigenvalue weighted by atomic mass is 35.5.